The second-order valence-electron chi connectivity index (χ2n) is 7.77. The Morgan fingerprint density at radius 3 is 3.00 bits per heavy atom. The minimum absolute atomic E-state index is 0.661. The number of hydrogen-bond donors (Lipinski definition) is 0. The van der Waals surface area contributed by atoms with Crippen molar-refractivity contribution in [2.75, 3.05) is 0 Å². The lowest BCUT2D eigenvalue weighted by molar-refractivity contribution is 0.0273. The first kappa shape index (κ1) is 12.9. The van der Waals surface area contributed by atoms with Crippen LogP contribution in [0.4, 0.5) is 0 Å². The van der Waals surface area contributed by atoms with Gasteiger partial charge in [-0.3, -0.25) is 0 Å². The normalized spacial score (nSPS) is 42.7. The van der Waals surface area contributed by atoms with Gasteiger partial charge in [0.2, 0.25) is 0 Å². The van der Waals surface area contributed by atoms with E-state index in [1.54, 1.807) is 11.1 Å². The van der Waals surface area contributed by atoms with Crippen LogP contribution in [-0.2, 0) is 6.42 Å². The monoisotopic (exact) mass is 267 g/mol. The molecule has 3 aliphatic rings. The smallest absolute Gasteiger partial charge is 0.0128 e. The zero-order valence-electron chi connectivity index (χ0n) is 13.0. The molecule has 20 heavy (non-hydrogen) atoms. The Morgan fingerprint density at radius 2 is 2.15 bits per heavy atom. The molecule has 0 heterocycles. The van der Waals surface area contributed by atoms with Gasteiger partial charge in [0.25, 0.3) is 0 Å². The highest BCUT2D eigenvalue weighted by Gasteiger charge is 2.53. The molecule has 0 unspecified atom stereocenters. The van der Waals surface area contributed by atoms with Crippen molar-refractivity contribution in [1.82, 2.24) is 0 Å². The summed E-state index contributed by atoms with van der Waals surface area (Å²) in [5, 5.41) is 0. The lowest BCUT2D eigenvalue weighted by Crippen LogP contribution is -2.42. The van der Waals surface area contributed by atoms with Gasteiger partial charge in [0.1, 0.15) is 0 Å². The Labute approximate surface area is 124 Å². The minimum Gasteiger partial charge on any atom is -0.0651 e. The zero-order chi connectivity index (χ0) is 13.7. The molecule has 1 aromatic rings. The molecule has 2 saturated carbocycles. The molecule has 0 amide bonds. The van der Waals surface area contributed by atoms with E-state index < -0.39 is 0 Å². The summed E-state index contributed by atoms with van der Waals surface area (Å²) in [5.74, 6) is 3.84. The average Bonchev–Trinajstić information content (AvgIpc) is 2.83. The first-order valence-electron chi connectivity index (χ1n) is 8.73. The molecule has 0 aromatic heterocycles. The SMILES string of the molecule is CC[C@H]1CC[C@H]2[C@@H]3CCc4c[c]ccc4[C@H]3CC[C@]12C. The van der Waals surface area contributed by atoms with E-state index in [1.807, 2.05) is 0 Å². The van der Waals surface area contributed by atoms with E-state index in [0.717, 1.165) is 23.7 Å². The fourth-order valence-electron chi connectivity index (χ4n) is 6.23. The van der Waals surface area contributed by atoms with Gasteiger partial charge in [-0.15, -0.1) is 0 Å². The fraction of sp³-hybridized carbons (Fsp3) is 0.700. The summed E-state index contributed by atoms with van der Waals surface area (Å²) in [6, 6.07) is 10.1. The van der Waals surface area contributed by atoms with Crippen LogP contribution in [0.5, 0.6) is 0 Å². The predicted molar refractivity (Wildman–Crippen MR) is 83.7 cm³/mol. The molecule has 0 bridgehead atoms. The first-order valence-corrected chi connectivity index (χ1v) is 8.73. The van der Waals surface area contributed by atoms with Crippen molar-refractivity contribution < 1.29 is 0 Å². The highest BCUT2D eigenvalue weighted by atomic mass is 14.6. The Bertz CT molecular complexity index is 503. The molecule has 0 spiro atoms. The second kappa shape index (κ2) is 4.61. The van der Waals surface area contributed by atoms with Gasteiger partial charge in [0, 0.05) is 0 Å². The number of hydrogen-bond acceptors (Lipinski definition) is 0. The van der Waals surface area contributed by atoms with Crippen molar-refractivity contribution >= 4 is 0 Å². The standard InChI is InChI=1S/C20H27/c1-3-15-9-11-19-18-10-8-14-6-4-5-7-16(14)17(18)12-13-20(15,19)2/h5-7,15,17-19H,3,8-13H2,1-2H3/t15-,17+,18+,19-,20+/m0/s1. The molecular formula is C20H27. The van der Waals surface area contributed by atoms with E-state index in [0.29, 0.717) is 5.41 Å². The van der Waals surface area contributed by atoms with Gasteiger partial charge in [-0.25, -0.2) is 0 Å². The molecule has 2 fully saturated rings. The van der Waals surface area contributed by atoms with Crippen molar-refractivity contribution in [2.24, 2.45) is 23.2 Å². The summed E-state index contributed by atoms with van der Waals surface area (Å²) in [4.78, 5) is 0. The Morgan fingerprint density at radius 1 is 1.25 bits per heavy atom. The largest absolute Gasteiger partial charge is 0.0651 e. The molecule has 107 valence electrons. The Kier molecular flexibility index (Phi) is 2.98. The van der Waals surface area contributed by atoms with Gasteiger partial charge >= 0.3 is 0 Å². The maximum atomic E-state index is 3.29. The molecule has 5 atom stereocenters. The maximum Gasteiger partial charge on any atom is -0.0128 e. The van der Waals surface area contributed by atoms with E-state index in [1.165, 1.54) is 44.9 Å². The maximum absolute atomic E-state index is 3.29. The van der Waals surface area contributed by atoms with Crippen LogP contribution in [0.25, 0.3) is 0 Å². The van der Waals surface area contributed by atoms with Crippen LogP contribution in [0.3, 0.4) is 0 Å². The van der Waals surface area contributed by atoms with Crippen LogP contribution in [0.2, 0.25) is 0 Å². The Hall–Kier alpha value is -0.780. The topological polar surface area (TPSA) is 0 Å². The van der Waals surface area contributed by atoms with E-state index in [4.69, 9.17) is 0 Å². The molecule has 0 saturated heterocycles. The summed E-state index contributed by atoms with van der Waals surface area (Å²) in [7, 11) is 0. The van der Waals surface area contributed by atoms with E-state index in [9.17, 15) is 0 Å². The fourth-order valence-corrected chi connectivity index (χ4v) is 6.23. The minimum atomic E-state index is 0.661. The third kappa shape index (κ3) is 1.66. The molecule has 0 aliphatic heterocycles. The summed E-state index contributed by atoms with van der Waals surface area (Å²) >= 11 is 0. The van der Waals surface area contributed by atoms with Gasteiger partial charge < -0.3 is 0 Å². The highest BCUT2D eigenvalue weighted by Crippen LogP contribution is 2.63. The molecule has 0 N–H and O–H groups in total. The van der Waals surface area contributed by atoms with Gasteiger partial charge in [-0.2, -0.15) is 0 Å². The van der Waals surface area contributed by atoms with Crippen molar-refractivity contribution in [1.29, 1.82) is 0 Å². The molecule has 3 aliphatic carbocycles. The summed E-state index contributed by atoms with van der Waals surface area (Å²) < 4.78 is 0. The number of aryl methyl sites for hydroxylation is 1. The van der Waals surface area contributed by atoms with Crippen molar-refractivity contribution in [3.63, 3.8) is 0 Å². The van der Waals surface area contributed by atoms with Gasteiger partial charge in [0.15, 0.2) is 0 Å². The van der Waals surface area contributed by atoms with Crippen molar-refractivity contribution in [3.8, 4) is 0 Å². The number of rotatable bonds is 1. The van der Waals surface area contributed by atoms with Crippen molar-refractivity contribution in [3.05, 3.63) is 35.4 Å². The van der Waals surface area contributed by atoms with Crippen LogP contribution in [0, 0.1) is 29.2 Å². The third-order valence-corrected chi connectivity index (χ3v) is 7.26. The number of fused-ring (bicyclic) bond motifs is 5. The predicted octanol–water partition coefficient (Wildman–Crippen LogP) is 5.37. The summed E-state index contributed by atoms with van der Waals surface area (Å²) in [6.45, 7) is 5.04. The lowest BCUT2D eigenvalue weighted by atomic mass is 9.54. The summed E-state index contributed by atoms with van der Waals surface area (Å²) in [6.07, 6.45) is 10.0. The zero-order valence-corrected chi connectivity index (χ0v) is 13.0. The van der Waals surface area contributed by atoms with Gasteiger partial charge in [-0.1, -0.05) is 38.5 Å². The molecule has 1 aromatic carbocycles. The molecular weight excluding hydrogens is 240 g/mol. The van der Waals surface area contributed by atoms with E-state index in [-0.39, 0.29) is 0 Å². The lowest BCUT2D eigenvalue weighted by Gasteiger charge is -2.51. The quantitative estimate of drug-likeness (QED) is 0.641. The van der Waals surface area contributed by atoms with E-state index in [2.05, 4.69) is 38.1 Å². The van der Waals surface area contributed by atoms with Gasteiger partial charge in [-0.05, 0) is 84.8 Å². The summed E-state index contributed by atoms with van der Waals surface area (Å²) in [5.41, 5.74) is 3.94. The van der Waals surface area contributed by atoms with Crippen LogP contribution < -0.4 is 0 Å². The average molecular weight is 267 g/mol. The second-order valence-corrected chi connectivity index (χ2v) is 7.77. The molecule has 0 nitrogen and oxygen atoms in total. The highest BCUT2D eigenvalue weighted by molar-refractivity contribution is 5.34. The van der Waals surface area contributed by atoms with E-state index >= 15 is 0 Å². The molecule has 1 radical (unpaired) electrons. The van der Waals surface area contributed by atoms with Crippen molar-refractivity contribution in [2.45, 2.75) is 64.7 Å². The first-order chi connectivity index (χ1) is 9.74. The molecule has 0 heteroatoms. The van der Waals surface area contributed by atoms with Gasteiger partial charge in [0.05, 0.1) is 0 Å². The Balaban J connectivity index is 1.69. The number of benzene rings is 1. The third-order valence-electron chi connectivity index (χ3n) is 7.26. The van der Waals surface area contributed by atoms with Crippen LogP contribution in [-0.4, -0.2) is 0 Å². The van der Waals surface area contributed by atoms with Crippen LogP contribution >= 0.6 is 0 Å². The van der Waals surface area contributed by atoms with Crippen LogP contribution in [0.15, 0.2) is 18.2 Å². The molecule has 4 rings (SSSR count). The van der Waals surface area contributed by atoms with Crippen LogP contribution in [0.1, 0.15) is 69.4 Å².